The number of benzene rings is 1. The van der Waals surface area contributed by atoms with Gasteiger partial charge in [-0.3, -0.25) is 4.79 Å². The van der Waals surface area contributed by atoms with Crippen LogP contribution in [0.15, 0.2) is 34.9 Å². The normalized spacial score (nSPS) is 11.8. The first kappa shape index (κ1) is 16.2. The van der Waals surface area contributed by atoms with Crippen LogP contribution in [-0.2, 0) is 9.53 Å². The lowest BCUT2D eigenvalue weighted by Crippen LogP contribution is -2.33. The summed E-state index contributed by atoms with van der Waals surface area (Å²) in [6.07, 6.45) is 0.488. The van der Waals surface area contributed by atoms with Gasteiger partial charge in [0.05, 0.1) is 4.47 Å². The predicted octanol–water partition coefficient (Wildman–Crippen LogP) is 2.07. The van der Waals surface area contributed by atoms with Gasteiger partial charge in [0.2, 0.25) is 0 Å². The highest BCUT2D eigenvalue weighted by atomic mass is 79.9. The smallest absolute Gasteiger partial charge is 0.360 e. The fraction of sp³-hybridized carbons (Fsp3) is 0.214. The van der Waals surface area contributed by atoms with Crippen LogP contribution in [0.1, 0.15) is 17.4 Å². The molecule has 2 rings (SSSR count). The Morgan fingerprint density at radius 1 is 1.41 bits per heavy atom. The van der Waals surface area contributed by atoms with Gasteiger partial charge in [-0.2, -0.15) is 5.10 Å². The molecule has 1 amide bonds. The third-order valence-corrected chi connectivity index (χ3v) is 3.44. The lowest BCUT2D eigenvalue weighted by atomic mass is 10.3. The molecule has 0 aliphatic heterocycles. The van der Waals surface area contributed by atoms with Crippen LogP contribution in [0.4, 0.5) is 4.39 Å². The molecule has 0 aliphatic carbocycles. The Morgan fingerprint density at radius 3 is 2.73 bits per heavy atom. The summed E-state index contributed by atoms with van der Waals surface area (Å²) in [5, 5.41) is 6.37. The number of hydrogen-bond acceptors (Lipinski definition) is 4. The molecule has 0 saturated heterocycles. The molecule has 0 saturated carbocycles. The second-order valence-electron chi connectivity index (χ2n) is 4.38. The van der Waals surface area contributed by atoms with E-state index in [2.05, 4.69) is 26.3 Å². The molecule has 0 bridgehead atoms. The number of amides is 1. The molecule has 0 aliphatic rings. The van der Waals surface area contributed by atoms with Crippen molar-refractivity contribution >= 4 is 27.8 Å². The van der Waals surface area contributed by atoms with Crippen LogP contribution in [0.5, 0.6) is 0 Å². The zero-order valence-corrected chi connectivity index (χ0v) is 13.4. The van der Waals surface area contributed by atoms with Crippen LogP contribution < -0.4 is 5.32 Å². The first-order chi connectivity index (χ1) is 10.4. The van der Waals surface area contributed by atoms with Crippen LogP contribution in [0, 0.1) is 5.82 Å². The van der Waals surface area contributed by atoms with Gasteiger partial charge in [0.1, 0.15) is 11.5 Å². The molecule has 0 spiro atoms. The van der Waals surface area contributed by atoms with Gasteiger partial charge in [0.25, 0.3) is 5.91 Å². The van der Waals surface area contributed by atoms with Crippen LogP contribution >= 0.6 is 15.9 Å². The number of carbonyl (C=O) groups is 2. The van der Waals surface area contributed by atoms with E-state index in [0.29, 0.717) is 4.47 Å². The summed E-state index contributed by atoms with van der Waals surface area (Å²) in [4.78, 5) is 23.4. The van der Waals surface area contributed by atoms with Crippen molar-refractivity contribution < 1.29 is 18.7 Å². The van der Waals surface area contributed by atoms with Gasteiger partial charge in [0, 0.05) is 13.2 Å². The number of aromatic nitrogens is 2. The maximum Gasteiger partial charge on any atom is 0.360 e. The van der Waals surface area contributed by atoms with E-state index in [-0.39, 0.29) is 11.4 Å². The van der Waals surface area contributed by atoms with Gasteiger partial charge in [-0.25, -0.2) is 13.9 Å². The molecule has 1 N–H and O–H groups in total. The molecular formula is C14H13BrFN3O3. The van der Waals surface area contributed by atoms with Crippen molar-refractivity contribution in [3.8, 4) is 5.69 Å². The summed E-state index contributed by atoms with van der Waals surface area (Å²) in [7, 11) is 1.44. The summed E-state index contributed by atoms with van der Waals surface area (Å²) >= 11 is 3.18. The summed E-state index contributed by atoms with van der Waals surface area (Å²) in [5.74, 6) is -1.69. The third kappa shape index (κ3) is 3.33. The quantitative estimate of drug-likeness (QED) is 0.837. The number of rotatable bonds is 4. The Balaban J connectivity index is 2.25. The molecule has 2 aromatic rings. The zero-order valence-electron chi connectivity index (χ0n) is 11.8. The van der Waals surface area contributed by atoms with Crippen LogP contribution in [0.3, 0.4) is 0 Å². The molecule has 6 nitrogen and oxygen atoms in total. The van der Waals surface area contributed by atoms with Gasteiger partial charge >= 0.3 is 5.97 Å². The third-order valence-electron chi connectivity index (χ3n) is 2.86. The van der Waals surface area contributed by atoms with E-state index in [9.17, 15) is 14.0 Å². The van der Waals surface area contributed by atoms with E-state index < -0.39 is 23.8 Å². The fourth-order valence-electron chi connectivity index (χ4n) is 1.73. The largest absolute Gasteiger partial charge is 0.448 e. The lowest BCUT2D eigenvalue weighted by molar-refractivity contribution is -0.128. The average Bonchev–Trinajstić information content (AvgIpc) is 2.88. The first-order valence-electron chi connectivity index (χ1n) is 6.36. The molecule has 22 heavy (non-hydrogen) atoms. The molecule has 0 radical (unpaired) electrons. The van der Waals surface area contributed by atoms with E-state index in [1.165, 1.54) is 37.0 Å². The molecule has 1 aromatic carbocycles. The maximum absolute atomic E-state index is 13.7. The molecule has 8 heteroatoms. The highest BCUT2D eigenvalue weighted by molar-refractivity contribution is 9.10. The van der Waals surface area contributed by atoms with Crippen molar-refractivity contribution in [3.63, 3.8) is 0 Å². The number of nitrogens with one attached hydrogen (secondary N) is 1. The summed E-state index contributed by atoms with van der Waals surface area (Å²) < 4.78 is 20.3. The van der Waals surface area contributed by atoms with Gasteiger partial charge in [0.15, 0.2) is 11.8 Å². The second kappa shape index (κ2) is 6.69. The van der Waals surface area contributed by atoms with Gasteiger partial charge in [-0.1, -0.05) is 12.1 Å². The average molecular weight is 370 g/mol. The van der Waals surface area contributed by atoms with Crippen LogP contribution in [0.25, 0.3) is 5.69 Å². The molecule has 0 fully saturated rings. The predicted molar refractivity (Wildman–Crippen MR) is 80.2 cm³/mol. The molecular weight excluding hydrogens is 357 g/mol. The van der Waals surface area contributed by atoms with Crippen LogP contribution in [0.2, 0.25) is 0 Å². The van der Waals surface area contributed by atoms with E-state index in [0.717, 1.165) is 0 Å². The minimum Gasteiger partial charge on any atom is -0.448 e. The monoisotopic (exact) mass is 369 g/mol. The Morgan fingerprint density at radius 2 is 2.09 bits per heavy atom. The number of para-hydroxylation sites is 1. The highest BCUT2D eigenvalue weighted by Crippen LogP contribution is 2.20. The van der Waals surface area contributed by atoms with Crippen molar-refractivity contribution in [1.29, 1.82) is 0 Å². The fourth-order valence-corrected chi connectivity index (χ4v) is 2.16. The molecule has 1 atom stereocenters. The SMILES string of the molecule is CNC(=O)[C@@H](C)OC(=O)c1nn(-c2ccccc2F)cc1Br. The number of ether oxygens (including phenoxy) is 1. The highest BCUT2D eigenvalue weighted by Gasteiger charge is 2.23. The van der Waals surface area contributed by atoms with E-state index in [1.807, 2.05) is 0 Å². The molecule has 1 heterocycles. The van der Waals surface area contributed by atoms with Crippen molar-refractivity contribution in [1.82, 2.24) is 15.1 Å². The number of likely N-dealkylation sites (N-methyl/N-ethyl adjacent to an activating group) is 1. The summed E-state index contributed by atoms with van der Waals surface area (Å²) in [6, 6.07) is 6.02. The van der Waals surface area contributed by atoms with Gasteiger partial charge < -0.3 is 10.1 Å². The first-order valence-corrected chi connectivity index (χ1v) is 7.16. The van der Waals surface area contributed by atoms with Crippen LogP contribution in [-0.4, -0.2) is 34.8 Å². The van der Waals surface area contributed by atoms with E-state index in [1.54, 1.807) is 12.1 Å². The van der Waals surface area contributed by atoms with Gasteiger partial charge in [-0.05, 0) is 35.0 Å². The minimum absolute atomic E-state index is 0.0426. The number of esters is 1. The Kier molecular flexibility index (Phi) is 4.92. The summed E-state index contributed by atoms with van der Waals surface area (Å²) in [5.41, 5.74) is 0.153. The topological polar surface area (TPSA) is 73.2 Å². The van der Waals surface area contributed by atoms with Crippen molar-refractivity contribution in [2.75, 3.05) is 7.05 Å². The summed E-state index contributed by atoms with van der Waals surface area (Å²) in [6.45, 7) is 1.44. The number of hydrogen-bond donors (Lipinski definition) is 1. The zero-order chi connectivity index (χ0) is 16.3. The minimum atomic E-state index is -0.956. The number of halogens is 2. The Labute approximate surface area is 134 Å². The van der Waals surface area contributed by atoms with Gasteiger partial charge in [-0.15, -0.1) is 0 Å². The van der Waals surface area contributed by atoms with Crippen molar-refractivity contribution in [2.45, 2.75) is 13.0 Å². The number of carbonyl (C=O) groups excluding carboxylic acids is 2. The standard InChI is InChI=1S/C14H13BrFN3O3/c1-8(13(20)17-2)22-14(21)12-9(15)7-19(18-12)11-6-4-3-5-10(11)16/h3-8H,1-2H3,(H,17,20)/t8-/m1/s1. The maximum atomic E-state index is 13.7. The van der Waals surface area contributed by atoms with Crippen molar-refractivity contribution in [3.05, 3.63) is 46.4 Å². The lowest BCUT2D eigenvalue weighted by Gasteiger charge is -2.10. The number of nitrogens with zero attached hydrogens (tertiary/aromatic N) is 2. The Bertz CT molecular complexity index is 717. The van der Waals surface area contributed by atoms with E-state index in [4.69, 9.17) is 4.74 Å². The van der Waals surface area contributed by atoms with E-state index >= 15 is 0 Å². The second-order valence-corrected chi connectivity index (χ2v) is 5.24. The molecule has 0 unspecified atom stereocenters. The molecule has 1 aromatic heterocycles. The Hall–Kier alpha value is -2.22. The molecule has 116 valence electrons. The van der Waals surface area contributed by atoms with Crippen molar-refractivity contribution in [2.24, 2.45) is 0 Å².